The first kappa shape index (κ1) is 30.5. The van der Waals surface area contributed by atoms with Crippen LogP contribution in [0.4, 0.5) is 5.69 Å². The zero-order chi connectivity index (χ0) is 28.4. The number of benzene rings is 3. The Morgan fingerprint density at radius 3 is 2.10 bits per heavy atom. The molecule has 39 heavy (non-hydrogen) atoms. The molecule has 0 aliphatic carbocycles. The van der Waals surface area contributed by atoms with E-state index in [-0.39, 0.29) is 29.6 Å². The van der Waals surface area contributed by atoms with Crippen LogP contribution in [0.2, 0.25) is 10.0 Å². The molecular formula is C29H33Cl2N3O4S. The predicted molar refractivity (Wildman–Crippen MR) is 157 cm³/mol. The van der Waals surface area contributed by atoms with Crippen LogP contribution >= 0.6 is 23.2 Å². The quantitative estimate of drug-likeness (QED) is 0.273. The van der Waals surface area contributed by atoms with E-state index in [1.54, 1.807) is 0 Å². The molecule has 0 saturated carbocycles. The molecule has 1 N–H and O–H groups in total. The van der Waals surface area contributed by atoms with Crippen molar-refractivity contribution in [2.75, 3.05) is 23.7 Å². The molecule has 0 bridgehead atoms. The van der Waals surface area contributed by atoms with Crippen molar-refractivity contribution in [1.29, 1.82) is 0 Å². The van der Waals surface area contributed by atoms with Gasteiger partial charge in [-0.15, -0.1) is 0 Å². The minimum atomic E-state index is -3.92. The highest BCUT2D eigenvalue weighted by Crippen LogP contribution is 2.30. The highest BCUT2D eigenvalue weighted by molar-refractivity contribution is 7.92. The van der Waals surface area contributed by atoms with Crippen LogP contribution in [0.1, 0.15) is 30.9 Å². The standard InChI is InChI=1S/C29H33Cl2N3O4S/c1-3-4-17-32-29(36)27(18-22-11-7-5-8-12-22)33(20-23-13-9-6-10-14-23)28(35)21-34(39(2,37)38)26-16-15-24(30)19-25(26)31/h5-16,19,27H,3-4,17-18,20-21H2,1-2H3,(H,32,36)/t27-/m1/s1. The van der Waals surface area contributed by atoms with Gasteiger partial charge in [-0.3, -0.25) is 13.9 Å². The largest absolute Gasteiger partial charge is 0.354 e. The lowest BCUT2D eigenvalue weighted by molar-refractivity contribution is -0.140. The van der Waals surface area contributed by atoms with Crippen molar-refractivity contribution >= 4 is 50.7 Å². The number of amides is 2. The third-order valence-electron chi connectivity index (χ3n) is 6.15. The number of carbonyl (C=O) groups is 2. The zero-order valence-electron chi connectivity index (χ0n) is 22.0. The topological polar surface area (TPSA) is 86.8 Å². The van der Waals surface area contributed by atoms with Gasteiger partial charge in [-0.2, -0.15) is 0 Å². The van der Waals surface area contributed by atoms with Crippen molar-refractivity contribution in [3.8, 4) is 0 Å². The molecule has 10 heteroatoms. The molecule has 0 fully saturated rings. The smallest absolute Gasteiger partial charge is 0.244 e. The van der Waals surface area contributed by atoms with E-state index in [4.69, 9.17) is 23.2 Å². The molecule has 0 saturated heterocycles. The second-order valence-corrected chi connectivity index (χ2v) is 12.0. The van der Waals surface area contributed by atoms with Gasteiger partial charge in [0.2, 0.25) is 21.8 Å². The second kappa shape index (κ2) is 14.4. The van der Waals surface area contributed by atoms with Gasteiger partial charge >= 0.3 is 0 Å². The van der Waals surface area contributed by atoms with E-state index >= 15 is 0 Å². The molecule has 0 unspecified atom stereocenters. The lowest BCUT2D eigenvalue weighted by Crippen LogP contribution is -2.53. The first-order chi connectivity index (χ1) is 18.6. The van der Waals surface area contributed by atoms with Crippen LogP contribution in [0.25, 0.3) is 0 Å². The molecule has 0 radical (unpaired) electrons. The lowest BCUT2D eigenvalue weighted by atomic mass is 10.0. The number of carbonyl (C=O) groups excluding carboxylic acids is 2. The minimum Gasteiger partial charge on any atom is -0.354 e. The molecule has 0 aliphatic heterocycles. The normalized spacial score (nSPS) is 12.0. The summed E-state index contributed by atoms with van der Waals surface area (Å²) in [5, 5.41) is 3.38. The summed E-state index contributed by atoms with van der Waals surface area (Å²) in [6, 6.07) is 22.2. The Balaban J connectivity index is 2.03. The van der Waals surface area contributed by atoms with Gasteiger partial charge in [0, 0.05) is 24.5 Å². The Kier molecular flexibility index (Phi) is 11.2. The molecule has 0 aromatic heterocycles. The maximum atomic E-state index is 14.0. The fourth-order valence-electron chi connectivity index (χ4n) is 4.12. The molecule has 0 heterocycles. The Morgan fingerprint density at radius 1 is 0.923 bits per heavy atom. The fourth-order valence-corrected chi connectivity index (χ4v) is 5.54. The predicted octanol–water partition coefficient (Wildman–Crippen LogP) is 5.32. The zero-order valence-corrected chi connectivity index (χ0v) is 24.3. The molecule has 0 aliphatic rings. The van der Waals surface area contributed by atoms with Crippen molar-refractivity contribution in [1.82, 2.24) is 10.2 Å². The van der Waals surface area contributed by atoms with Gasteiger partial charge in [0.1, 0.15) is 12.6 Å². The van der Waals surface area contributed by atoms with Crippen LogP contribution in [0, 0.1) is 0 Å². The summed E-state index contributed by atoms with van der Waals surface area (Å²) >= 11 is 12.4. The number of hydrogen-bond donors (Lipinski definition) is 1. The van der Waals surface area contributed by atoms with Crippen molar-refractivity contribution in [3.63, 3.8) is 0 Å². The summed E-state index contributed by atoms with van der Waals surface area (Å²) in [5.74, 6) is -0.839. The van der Waals surface area contributed by atoms with E-state index in [0.29, 0.717) is 11.6 Å². The summed E-state index contributed by atoms with van der Waals surface area (Å²) in [6.45, 7) is 2.08. The third kappa shape index (κ3) is 8.98. The van der Waals surface area contributed by atoms with Crippen molar-refractivity contribution in [3.05, 3.63) is 100 Å². The molecule has 7 nitrogen and oxygen atoms in total. The second-order valence-electron chi connectivity index (χ2n) is 9.22. The van der Waals surface area contributed by atoms with E-state index in [9.17, 15) is 18.0 Å². The van der Waals surface area contributed by atoms with Gasteiger partial charge in [0.15, 0.2) is 0 Å². The summed E-state index contributed by atoms with van der Waals surface area (Å²) in [7, 11) is -3.92. The van der Waals surface area contributed by atoms with Crippen LogP contribution in [0.5, 0.6) is 0 Å². The molecule has 1 atom stereocenters. The number of hydrogen-bond acceptors (Lipinski definition) is 4. The number of anilines is 1. The van der Waals surface area contributed by atoms with E-state index in [2.05, 4.69) is 5.32 Å². The first-order valence-electron chi connectivity index (χ1n) is 12.7. The van der Waals surface area contributed by atoms with Crippen LogP contribution in [0.3, 0.4) is 0 Å². The molecule has 3 aromatic carbocycles. The maximum Gasteiger partial charge on any atom is 0.244 e. The summed E-state index contributed by atoms with van der Waals surface area (Å²) in [5.41, 5.74) is 1.81. The third-order valence-corrected chi connectivity index (χ3v) is 7.82. The number of nitrogens with zero attached hydrogens (tertiary/aromatic N) is 2. The van der Waals surface area contributed by atoms with Crippen LogP contribution in [0.15, 0.2) is 78.9 Å². The number of halogens is 2. The van der Waals surface area contributed by atoms with E-state index in [0.717, 1.165) is 34.5 Å². The number of rotatable bonds is 13. The van der Waals surface area contributed by atoms with Gasteiger partial charge in [0.25, 0.3) is 0 Å². The fraction of sp³-hybridized carbons (Fsp3) is 0.310. The summed E-state index contributed by atoms with van der Waals surface area (Å²) in [6.07, 6.45) is 2.97. The molecule has 2 amide bonds. The van der Waals surface area contributed by atoms with Crippen molar-refractivity contribution < 1.29 is 18.0 Å². The lowest BCUT2D eigenvalue weighted by Gasteiger charge is -2.33. The SMILES string of the molecule is CCCCNC(=O)[C@@H](Cc1ccccc1)N(Cc1ccccc1)C(=O)CN(c1ccc(Cl)cc1Cl)S(C)(=O)=O. The Bertz CT molecular complexity index is 1360. The van der Waals surface area contributed by atoms with E-state index < -0.39 is 28.5 Å². The highest BCUT2D eigenvalue weighted by atomic mass is 35.5. The Hall–Kier alpha value is -3.07. The van der Waals surface area contributed by atoms with Crippen LogP contribution in [-0.4, -0.2) is 50.5 Å². The first-order valence-corrected chi connectivity index (χ1v) is 15.3. The minimum absolute atomic E-state index is 0.0912. The average Bonchev–Trinajstić information content (AvgIpc) is 2.90. The van der Waals surface area contributed by atoms with E-state index in [1.807, 2.05) is 67.6 Å². The summed E-state index contributed by atoms with van der Waals surface area (Å²) < 4.78 is 26.6. The molecular weight excluding hydrogens is 557 g/mol. The van der Waals surface area contributed by atoms with Crippen molar-refractivity contribution in [2.24, 2.45) is 0 Å². The van der Waals surface area contributed by atoms with Crippen molar-refractivity contribution in [2.45, 2.75) is 38.8 Å². The van der Waals surface area contributed by atoms with E-state index in [1.165, 1.54) is 23.1 Å². The number of unbranched alkanes of at least 4 members (excludes halogenated alkanes) is 1. The van der Waals surface area contributed by atoms with Gasteiger partial charge in [-0.25, -0.2) is 8.42 Å². The van der Waals surface area contributed by atoms with Crippen LogP contribution in [-0.2, 0) is 32.6 Å². The van der Waals surface area contributed by atoms with Gasteiger partial charge in [-0.1, -0.05) is 97.2 Å². The number of sulfonamides is 1. The molecule has 3 rings (SSSR count). The van der Waals surface area contributed by atoms with Gasteiger partial charge < -0.3 is 10.2 Å². The highest BCUT2D eigenvalue weighted by Gasteiger charge is 2.33. The average molecular weight is 591 g/mol. The molecule has 208 valence electrons. The maximum absolute atomic E-state index is 14.0. The van der Waals surface area contributed by atoms with Crippen LogP contribution < -0.4 is 9.62 Å². The van der Waals surface area contributed by atoms with Gasteiger partial charge in [0.05, 0.1) is 17.0 Å². The molecule has 3 aromatic rings. The Morgan fingerprint density at radius 2 is 1.54 bits per heavy atom. The Labute approximate surface area is 240 Å². The monoisotopic (exact) mass is 589 g/mol. The number of nitrogens with one attached hydrogen (secondary N) is 1. The summed E-state index contributed by atoms with van der Waals surface area (Å²) in [4.78, 5) is 29.0. The molecule has 0 spiro atoms. The van der Waals surface area contributed by atoms with Gasteiger partial charge in [-0.05, 0) is 35.7 Å².